The highest BCUT2D eigenvalue weighted by Gasteiger charge is 2.35. The lowest BCUT2D eigenvalue weighted by Crippen LogP contribution is -2.49. The lowest BCUT2D eigenvalue weighted by Gasteiger charge is -2.44. The van der Waals surface area contributed by atoms with Crippen LogP contribution in [0.4, 0.5) is 0 Å². The van der Waals surface area contributed by atoms with Crippen LogP contribution < -0.4 is 5.73 Å². The van der Waals surface area contributed by atoms with Gasteiger partial charge in [-0.3, -0.25) is 0 Å². The molecule has 4 heteroatoms. The number of nitrogens with zero attached hydrogens (tertiary/aromatic N) is 1. The Balaban J connectivity index is 1.52. The molecule has 3 saturated heterocycles. The van der Waals surface area contributed by atoms with Crippen molar-refractivity contribution < 1.29 is 9.53 Å². The minimum absolute atomic E-state index is 0.312. The first-order valence-electron chi connectivity index (χ1n) is 7.43. The summed E-state index contributed by atoms with van der Waals surface area (Å²) in [7, 11) is 0. The normalized spacial score (nSPS) is 29.9. The van der Waals surface area contributed by atoms with Crippen LogP contribution in [0.1, 0.15) is 24.4 Å². The molecular weight excluding hydrogens is 252 g/mol. The first-order chi connectivity index (χ1) is 9.74. The van der Waals surface area contributed by atoms with Gasteiger partial charge in [-0.15, -0.1) is 0 Å². The maximum absolute atomic E-state index is 12.0. The maximum Gasteiger partial charge on any atom is 0.327 e. The Morgan fingerprint density at radius 3 is 2.60 bits per heavy atom. The highest BCUT2D eigenvalue weighted by atomic mass is 16.5. The highest BCUT2D eigenvalue weighted by molar-refractivity contribution is 5.77. The largest absolute Gasteiger partial charge is 0.464 e. The number of piperidine rings is 3. The lowest BCUT2D eigenvalue weighted by atomic mass is 9.79. The van der Waals surface area contributed by atoms with Gasteiger partial charge in [0.2, 0.25) is 0 Å². The van der Waals surface area contributed by atoms with E-state index < -0.39 is 6.04 Å². The van der Waals surface area contributed by atoms with Crippen LogP contribution in [0.15, 0.2) is 30.3 Å². The number of benzene rings is 1. The van der Waals surface area contributed by atoms with E-state index in [9.17, 15) is 4.79 Å². The van der Waals surface area contributed by atoms with E-state index in [-0.39, 0.29) is 5.97 Å². The molecule has 0 spiro atoms. The number of fused-ring (bicyclic) bond motifs is 3. The highest BCUT2D eigenvalue weighted by Crippen LogP contribution is 2.32. The van der Waals surface area contributed by atoms with E-state index in [1.54, 1.807) is 0 Å². The first kappa shape index (κ1) is 13.6. The SMILES string of the molecule is NC(C(=O)OCC1CN2CCC1CC2)c1ccccc1. The van der Waals surface area contributed by atoms with Crippen molar-refractivity contribution in [2.75, 3.05) is 26.2 Å². The van der Waals surface area contributed by atoms with Crippen molar-refractivity contribution in [3.8, 4) is 0 Å². The smallest absolute Gasteiger partial charge is 0.327 e. The quantitative estimate of drug-likeness (QED) is 0.847. The zero-order valence-electron chi connectivity index (χ0n) is 11.7. The third kappa shape index (κ3) is 2.86. The van der Waals surface area contributed by atoms with Crippen molar-refractivity contribution in [2.24, 2.45) is 17.6 Å². The Bertz CT molecular complexity index is 455. The van der Waals surface area contributed by atoms with Crippen LogP contribution in [0, 0.1) is 11.8 Å². The Morgan fingerprint density at radius 2 is 2.00 bits per heavy atom. The molecule has 3 fully saturated rings. The molecule has 4 nitrogen and oxygen atoms in total. The molecule has 20 heavy (non-hydrogen) atoms. The molecule has 3 heterocycles. The second kappa shape index (κ2) is 5.94. The molecule has 2 N–H and O–H groups in total. The molecule has 108 valence electrons. The van der Waals surface area contributed by atoms with Crippen molar-refractivity contribution in [1.82, 2.24) is 4.90 Å². The summed E-state index contributed by atoms with van der Waals surface area (Å²) < 4.78 is 5.46. The molecular formula is C16H22N2O2. The summed E-state index contributed by atoms with van der Waals surface area (Å²) in [6.45, 7) is 4.00. The van der Waals surface area contributed by atoms with Gasteiger partial charge < -0.3 is 15.4 Å². The number of esters is 1. The van der Waals surface area contributed by atoms with Crippen LogP contribution in [0.2, 0.25) is 0 Å². The topological polar surface area (TPSA) is 55.6 Å². The van der Waals surface area contributed by atoms with Gasteiger partial charge in [-0.25, -0.2) is 4.79 Å². The van der Waals surface area contributed by atoms with Crippen molar-refractivity contribution in [1.29, 1.82) is 0 Å². The summed E-state index contributed by atoms with van der Waals surface area (Å²) in [5.41, 5.74) is 6.76. The Hall–Kier alpha value is -1.39. The van der Waals surface area contributed by atoms with Gasteiger partial charge in [0.15, 0.2) is 0 Å². The van der Waals surface area contributed by atoms with Gasteiger partial charge in [0.05, 0.1) is 6.61 Å². The number of carbonyl (C=O) groups is 1. The fourth-order valence-corrected chi connectivity index (χ4v) is 3.35. The zero-order valence-corrected chi connectivity index (χ0v) is 11.7. The summed E-state index contributed by atoms with van der Waals surface area (Å²) in [4.78, 5) is 14.5. The van der Waals surface area contributed by atoms with Crippen LogP contribution >= 0.6 is 0 Å². The summed E-state index contributed by atoms with van der Waals surface area (Å²) >= 11 is 0. The molecule has 1 aromatic rings. The van der Waals surface area contributed by atoms with Crippen molar-refractivity contribution in [3.63, 3.8) is 0 Å². The second-order valence-electron chi connectivity index (χ2n) is 5.92. The summed E-state index contributed by atoms with van der Waals surface area (Å²) in [5, 5.41) is 0. The minimum atomic E-state index is -0.669. The van der Waals surface area contributed by atoms with E-state index in [0.29, 0.717) is 12.5 Å². The number of hydrogen-bond donors (Lipinski definition) is 1. The van der Waals surface area contributed by atoms with Crippen molar-refractivity contribution >= 4 is 5.97 Å². The van der Waals surface area contributed by atoms with E-state index in [2.05, 4.69) is 4.90 Å². The number of ether oxygens (including phenoxy) is 1. The van der Waals surface area contributed by atoms with E-state index in [1.165, 1.54) is 25.9 Å². The van der Waals surface area contributed by atoms with E-state index >= 15 is 0 Å². The summed E-state index contributed by atoms with van der Waals surface area (Å²) in [6.07, 6.45) is 2.49. The van der Waals surface area contributed by atoms with Crippen LogP contribution in [0.5, 0.6) is 0 Å². The molecule has 3 aliphatic rings. The van der Waals surface area contributed by atoms with Crippen LogP contribution in [0.25, 0.3) is 0 Å². The molecule has 0 aliphatic carbocycles. The zero-order chi connectivity index (χ0) is 13.9. The van der Waals surface area contributed by atoms with Gasteiger partial charge in [-0.1, -0.05) is 30.3 Å². The van der Waals surface area contributed by atoms with Crippen LogP contribution in [-0.4, -0.2) is 37.1 Å². The number of rotatable bonds is 4. The summed E-state index contributed by atoms with van der Waals surface area (Å²) in [5.74, 6) is 0.901. The van der Waals surface area contributed by atoms with E-state index in [0.717, 1.165) is 18.0 Å². The summed E-state index contributed by atoms with van der Waals surface area (Å²) in [6, 6.07) is 8.73. The number of carbonyl (C=O) groups excluding carboxylic acids is 1. The molecule has 0 saturated carbocycles. The fraction of sp³-hybridized carbons (Fsp3) is 0.562. The predicted octanol–water partition coefficient (Wildman–Crippen LogP) is 1.57. The predicted molar refractivity (Wildman–Crippen MR) is 77.0 cm³/mol. The molecule has 0 amide bonds. The van der Waals surface area contributed by atoms with E-state index in [1.807, 2.05) is 30.3 Å². The van der Waals surface area contributed by atoms with Crippen LogP contribution in [-0.2, 0) is 9.53 Å². The molecule has 2 unspecified atom stereocenters. The minimum Gasteiger partial charge on any atom is -0.464 e. The third-order valence-electron chi connectivity index (χ3n) is 4.64. The van der Waals surface area contributed by atoms with Gasteiger partial charge in [-0.05, 0) is 37.4 Å². The number of hydrogen-bond acceptors (Lipinski definition) is 4. The van der Waals surface area contributed by atoms with E-state index in [4.69, 9.17) is 10.5 Å². The standard InChI is InChI=1S/C16H22N2O2/c17-15(13-4-2-1-3-5-13)16(19)20-11-14-10-18-8-6-12(14)7-9-18/h1-5,12,14-15H,6-11,17H2. The molecule has 1 aromatic carbocycles. The molecule has 0 aromatic heterocycles. The Labute approximate surface area is 119 Å². The number of nitrogens with two attached hydrogens (primary N) is 1. The maximum atomic E-state index is 12.0. The Kier molecular flexibility index (Phi) is 4.03. The molecule has 2 bridgehead atoms. The van der Waals surface area contributed by atoms with Crippen molar-refractivity contribution in [3.05, 3.63) is 35.9 Å². The molecule has 3 aliphatic heterocycles. The van der Waals surface area contributed by atoms with Gasteiger partial charge in [0.1, 0.15) is 6.04 Å². The fourth-order valence-electron chi connectivity index (χ4n) is 3.35. The van der Waals surface area contributed by atoms with Crippen LogP contribution in [0.3, 0.4) is 0 Å². The monoisotopic (exact) mass is 274 g/mol. The van der Waals surface area contributed by atoms with Gasteiger partial charge in [0, 0.05) is 12.5 Å². The van der Waals surface area contributed by atoms with Gasteiger partial charge in [0.25, 0.3) is 0 Å². The van der Waals surface area contributed by atoms with Crippen molar-refractivity contribution in [2.45, 2.75) is 18.9 Å². The average Bonchev–Trinajstić information content (AvgIpc) is 2.54. The first-order valence-corrected chi connectivity index (χ1v) is 7.43. The molecule has 2 atom stereocenters. The molecule has 4 rings (SSSR count). The lowest BCUT2D eigenvalue weighted by molar-refractivity contribution is -0.149. The average molecular weight is 274 g/mol. The third-order valence-corrected chi connectivity index (χ3v) is 4.64. The van der Waals surface area contributed by atoms with Gasteiger partial charge >= 0.3 is 5.97 Å². The van der Waals surface area contributed by atoms with Gasteiger partial charge in [-0.2, -0.15) is 0 Å². The Morgan fingerprint density at radius 1 is 1.30 bits per heavy atom. The second-order valence-corrected chi connectivity index (χ2v) is 5.92. The molecule has 0 radical (unpaired) electrons.